The van der Waals surface area contributed by atoms with Gasteiger partial charge in [-0.1, -0.05) is 30.3 Å². The van der Waals surface area contributed by atoms with Crippen molar-refractivity contribution < 1.29 is 13.2 Å². The number of aromatic nitrogens is 1. The molecular weight excluding hydrogens is 376 g/mol. The highest BCUT2D eigenvalue weighted by molar-refractivity contribution is 7.91. The first-order valence-electron chi connectivity index (χ1n) is 9.02. The Morgan fingerprint density at radius 1 is 1.07 bits per heavy atom. The van der Waals surface area contributed by atoms with E-state index in [1.165, 1.54) is 12.1 Å². The maximum Gasteiger partial charge on any atom is 0.251 e. The second-order valence-corrected chi connectivity index (χ2v) is 8.81. The number of sulfone groups is 1. The van der Waals surface area contributed by atoms with Crippen molar-refractivity contribution in [3.8, 4) is 0 Å². The zero-order chi connectivity index (χ0) is 20.1. The number of rotatable bonds is 7. The fourth-order valence-corrected chi connectivity index (χ4v) is 4.21. The highest BCUT2D eigenvalue weighted by atomic mass is 32.2. The smallest absolute Gasteiger partial charge is 0.251 e. The number of amides is 1. The molecule has 0 radical (unpaired) electrons. The number of benzene rings is 2. The topological polar surface area (TPSA) is 96.1 Å². The monoisotopic (exact) mass is 398 g/mol. The molecule has 146 valence electrons. The van der Waals surface area contributed by atoms with Crippen LogP contribution in [0.15, 0.2) is 64.3 Å². The molecule has 0 atom stereocenters. The lowest BCUT2D eigenvalue weighted by Gasteiger charge is -2.07. The predicted octanol–water partition coefficient (Wildman–Crippen LogP) is 2.36. The van der Waals surface area contributed by atoms with Gasteiger partial charge in [-0.25, -0.2) is 8.42 Å². The Morgan fingerprint density at radius 2 is 1.82 bits per heavy atom. The minimum atomic E-state index is -3.48. The highest BCUT2D eigenvalue weighted by Gasteiger charge is 2.16. The average Bonchev–Trinajstić information content (AvgIpc) is 2.67. The van der Waals surface area contributed by atoms with E-state index in [0.29, 0.717) is 12.0 Å². The lowest BCUT2D eigenvalue weighted by atomic mass is 10.1. The summed E-state index contributed by atoms with van der Waals surface area (Å²) in [6.45, 7) is 2.23. The van der Waals surface area contributed by atoms with Gasteiger partial charge in [0.05, 0.1) is 10.6 Å². The second-order valence-electron chi connectivity index (χ2n) is 6.70. The first kappa shape index (κ1) is 19.8. The summed E-state index contributed by atoms with van der Waals surface area (Å²) in [7, 11) is -3.48. The molecule has 28 heavy (non-hydrogen) atoms. The van der Waals surface area contributed by atoms with Crippen molar-refractivity contribution >= 4 is 26.6 Å². The van der Waals surface area contributed by atoms with Crippen LogP contribution in [0.5, 0.6) is 0 Å². The number of nitrogens with one attached hydrogen (secondary N) is 2. The molecule has 3 aromatic rings. The first-order chi connectivity index (χ1) is 13.3. The maximum atomic E-state index is 12.2. The molecule has 0 saturated carbocycles. The van der Waals surface area contributed by atoms with E-state index < -0.39 is 9.84 Å². The van der Waals surface area contributed by atoms with Gasteiger partial charge in [0.15, 0.2) is 9.84 Å². The Hall–Kier alpha value is -2.93. The summed E-state index contributed by atoms with van der Waals surface area (Å²) in [4.78, 5) is 27.2. The van der Waals surface area contributed by atoms with Gasteiger partial charge >= 0.3 is 0 Å². The summed E-state index contributed by atoms with van der Waals surface area (Å²) < 4.78 is 24.4. The van der Waals surface area contributed by atoms with Crippen LogP contribution in [-0.2, 0) is 21.1 Å². The number of H-pyrrole nitrogens is 1. The molecule has 6 nitrogen and oxygen atoms in total. The summed E-state index contributed by atoms with van der Waals surface area (Å²) in [5.41, 5.74) is 2.24. The van der Waals surface area contributed by atoms with Crippen molar-refractivity contribution in [3.05, 3.63) is 76.1 Å². The molecule has 0 saturated heterocycles. The van der Waals surface area contributed by atoms with Crippen LogP contribution < -0.4 is 10.9 Å². The van der Waals surface area contributed by atoms with Gasteiger partial charge < -0.3 is 10.3 Å². The molecule has 0 fully saturated rings. The Balaban J connectivity index is 1.54. The van der Waals surface area contributed by atoms with Gasteiger partial charge in [-0.15, -0.1) is 0 Å². The summed E-state index contributed by atoms with van der Waals surface area (Å²) in [5, 5.41) is 3.61. The summed E-state index contributed by atoms with van der Waals surface area (Å²) in [6.07, 6.45) is 0.251. The average molecular weight is 398 g/mol. The van der Waals surface area contributed by atoms with E-state index >= 15 is 0 Å². The molecule has 7 heteroatoms. The molecule has 0 spiro atoms. The maximum absolute atomic E-state index is 12.2. The molecule has 0 aliphatic rings. The molecule has 1 amide bonds. The number of carbonyl (C=O) groups is 1. The van der Waals surface area contributed by atoms with Gasteiger partial charge in [0.25, 0.3) is 5.56 Å². The van der Waals surface area contributed by atoms with Gasteiger partial charge in [-0.2, -0.15) is 0 Å². The normalized spacial score (nSPS) is 11.5. The Morgan fingerprint density at radius 3 is 2.57 bits per heavy atom. The first-order valence-corrected chi connectivity index (χ1v) is 10.7. The van der Waals surface area contributed by atoms with Crippen LogP contribution in [0.1, 0.15) is 17.5 Å². The summed E-state index contributed by atoms with van der Waals surface area (Å²) >= 11 is 0. The van der Waals surface area contributed by atoms with E-state index in [2.05, 4.69) is 10.3 Å². The van der Waals surface area contributed by atoms with Crippen molar-refractivity contribution in [2.24, 2.45) is 0 Å². The molecule has 1 heterocycles. The van der Waals surface area contributed by atoms with Gasteiger partial charge in [0.2, 0.25) is 5.91 Å². The number of aryl methyl sites for hydroxylation is 1. The molecule has 2 N–H and O–H groups in total. The number of fused-ring (bicyclic) bond motifs is 1. The summed E-state index contributed by atoms with van der Waals surface area (Å²) in [5.74, 6) is -0.606. The Kier molecular flexibility index (Phi) is 5.94. The van der Waals surface area contributed by atoms with Crippen LogP contribution in [0.3, 0.4) is 0 Å². The van der Waals surface area contributed by atoms with Gasteiger partial charge in [0, 0.05) is 24.0 Å². The lowest BCUT2D eigenvalue weighted by Crippen LogP contribution is -2.29. The molecule has 0 aliphatic heterocycles. The highest BCUT2D eigenvalue weighted by Crippen LogP contribution is 2.13. The molecule has 0 aliphatic carbocycles. The number of aromatic amines is 1. The molecular formula is C21H22N2O4S. The zero-order valence-electron chi connectivity index (χ0n) is 15.6. The van der Waals surface area contributed by atoms with E-state index in [9.17, 15) is 18.0 Å². The van der Waals surface area contributed by atoms with E-state index in [1.54, 1.807) is 18.2 Å². The number of hydrogen-bond acceptors (Lipinski definition) is 4. The van der Waals surface area contributed by atoms with Crippen LogP contribution >= 0.6 is 0 Å². The third kappa shape index (κ3) is 4.86. The van der Waals surface area contributed by atoms with Crippen molar-refractivity contribution in [2.75, 3.05) is 12.3 Å². The van der Waals surface area contributed by atoms with E-state index in [-0.39, 0.29) is 35.1 Å². The molecule has 2 aromatic carbocycles. The van der Waals surface area contributed by atoms with Crippen molar-refractivity contribution in [3.63, 3.8) is 0 Å². The van der Waals surface area contributed by atoms with Crippen molar-refractivity contribution in [2.45, 2.75) is 24.7 Å². The molecule has 0 unspecified atom stereocenters. The largest absolute Gasteiger partial charge is 0.356 e. The second kappa shape index (κ2) is 8.39. The molecule has 1 aromatic heterocycles. The third-order valence-electron chi connectivity index (χ3n) is 4.50. The lowest BCUT2D eigenvalue weighted by molar-refractivity contribution is -0.120. The minimum absolute atomic E-state index is 0.120. The van der Waals surface area contributed by atoms with Gasteiger partial charge in [-0.05, 0) is 48.6 Å². The van der Waals surface area contributed by atoms with E-state index in [0.717, 1.165) is 16.5 Å². The van der Waals surface area contributed by atoms with Crippen LogP contribution in [0.2, 0.25) is 0 Å². The van der Waals surface area contributed by atoms with Crippen molar-refractivity contribution in [1.29, 1.82) is 0 Å². The van der Waals surface area contributed by atoms with E-state index in [1.807, 2.05) is 31.2 Å². The van der Waals surface area contributed by atoms with Crippen LogP contribution in [0.25, 0.3) is 10.9 Å². The van der Waals surface area contributed by atoms with Crippen LogP contribution in [0.4, 0.5) is 0 Å². The van der Waals surface area contributed by atoms with Gasteiger partial charge in [0.1, 0.15) is 0 Å². The van der Waals surface area contributed by atoms with Crippen molar-refractivity contribution in [1.82, 2.24) is 10.3 Å². The molecule has 0 bridgehead atoms. The Bertz CT molecular complexity index is 1150. The van der Waals surface area contributed by atoms with E-state index in [4.69, 9.17) is 0 Å². The zero-order valence-corrected chi connectivity index (χ0v) is 16.4. The van der Waals surface area contributed by atoms with Crippen LogP contribution in [0, 0.1) is 6.92 Å². The van der Waals surface area contributed by atoms with Crippen LogP contribution in [-0.4, -0.2) is 31.6 Å². The SMILES string of the molecule is Cc1ccc2cc(CCNC(=O)CCS(=O)(=O)c3ccccc3)c(=O)[nH]c2c1. The quantitative estimate of drug-likeness (QED) is 0.639. The Labute approximate surface area is 163 Å². The fraction of sp³-hybridized carbons (Fsp3) is 0.238. The molecule has 3 rings (SSSR count). The fourth-order valence-electron chi connectivity index (χ4n) is 2.94. The standard InChI is InChI=1S/C21H22N2O4S/c1-15-7-8-16-14-17(21(25)23-19(16)13-15)9-11-22-20(24)10-12-28(26,27)18-5-3-2-4-6-18/h2-8,13-14H,9-12H2,1H3,(H,22,24)(H,23,25). The summed E-state index contributed by atoms with van der Waals surface area (Å²) in [6, 6.07) is 15.7. The third-order valence-corrected chi connectivity index (χ3v) is 6.23. The number of carbonyl (C=O) groups excluding carboxylic acids is 1. The number of hydrogen-bond donors (Lipinski definition) is 2. The van der Waals surface area contributed by atoms with Gasteiger partial charge in [-0.3, -0.25) is 9.59 Å². The number of pyridine rings is 1. The predicted molar refractivity (Wildman–Crippen MR) is 109 cm³/mol. The minimum Gasteiger partial charge on any atom is -0.356 e.